The number of anilines is 1. The molecule has 5 heteroatoms. The summed E-state index contributed by atoms with van der Waals surface area (Å²) in [6.45, 7) is 5.97. The molecular weight excluding hydrogens is 336 g/mol. The summed E-state index contributed by atoms with van der Waals surface area (Å²) in [5.41, 5.74) is 3.28. The second-order valence-corrected chi connectivity index (χ2v) is 7.81. The van der Waals surface area contributed by atoms with Gasteiger partial charge in [0.1, 0.15) is 0 Å². The number of carbonyl (C=O) groups is 1. The van der Waals surface area contributed by atoms with Gasteiger partial charge >= 0.3 is 0 Å². The van der Waals surface area contributed by atoms with Crippen molar-refractivity contribution in [2.24, 2.45) is 5.92 Å². The first-order valence-electron chi connectivity index (χ1n) is 9.91. The van der Waals surface area contributed by atoms with E-state index in [2.05, 4.69) is 40.0 Å². The van der Waals surface area contributed by atoms with Crippen molar-refractivity contribution in [1.82, 2.24) is 14.8 Å². The zero-order valence-electron chi connectivity index (χ0n) is 16.1. The standard InChI is InChI=1S/C22H28N4O/c1-24-11-13-25(14-12-24)21-6-4-20(5-7-21)22(27)26-10-8-19(17-26)15-18-3-2-9-23-16-18/h2-7,9,16,19H,8,10-15,17H2,1H3. The predicted octanol–water partition coefficient (Wildman–Crippen LogP) is 2.54. The maximum absolute atomic E-state index is 12.9. The third-order valence-corrected chi connectivity index (χ3v) is 5.80. The van der Waals surface area contributed by atoms with E-state index in [9.17, 15) is 4.79 Å². The molecule has 4 rings (SSSR count). The van der Waals surface area contributed by atoms with Crippen LogP contribution in [0, 0.1) is 5.92 Å². The van der Waals surface area contributed by atoms with Gasteiger partial charge in [0, 0.05) is 62.9 Å². The predicted molar refractivity (Wildman–Crippen MR) is 108 cm³/mol. The summed E-state index contributed by atoms with van der Waals surface area (Å²) < 4.78 is 0. The minimum atomic E-state index is 0.161. The number of hydrogen-bond donors (Lipinski definition) is 0. The Balaban J connectivity index is 1.34. The van der Waals surface area contributed by atoms with E-state index in [0.717, 1.165) is 57.7 Å². The number of likely N-dealkylation sites (tertiary alicyclic amines) is 1. The number of pyridine rings is 1. The molecular formula is C22H28N4O. The lowest BCUT2D eigenvalue weighted by Gasteiger charge is -2.34. The first-order chi connectivity index (χ1) is 13.2. The minimum absolute atomic E-state index is 0.161. The molecule has 1 atom stereocenters. The Bertz CT molecular complexity index is 754. The maximum atomic E-state index is 12.9. The molecule has 142 valence electrons. The third kappa shape index (κ3) is 4.30. The minimum Gasteiger partial charge on any atom is -0.369 e. The first kappa shape index (κ1) is 18.0. The molecule has 1 aromatic carbocycles. The molecule has 2 aliphatic heterocycles. The Morgan fingerprint density at radius 1 is 1.07 bits per heavy atom. The lowest BCUT2D eigenvalue weighted by atomic mass is 10.00. The number of hydrogen-bond acceptors (Lipinski definition) is 4. The van der Waals surface area contributed by atoms with Gasteiger partial charge in [0.2, 0.25) is 0 Å². The number of amides is 1. The Kier molecular flexibility index (Phi) is 5.39. The summed E-state index contributed by atoms with van der Waals surface area (Å²) >= 11 is 0. The van der Waals surface area contributed by atoms with Gasteiger partial charge in [-0.2, -0.15) is 0 Å². The normalized spacial score (nSPS) is 20.9. The zero-order valence-corrected chi connectivity index (χ0v) is 16.1. The molecule has 1 amide bonds. The van der Waals surface area contributed by atoms with Crippen molar-refractivity contribution < 1.29 is 4.79 Å². The summed E-state index contributed by atoms with van der Waals surface area (Å²) in [5, 5.41) is 0. The summed E-state index contributed by atoms with van der Waals surface area (Å²) in [5.74, 6) is 0.691. The molecule has 1 aromatic heterocycles. The average molecular weight is 364 g/mol. The van der Waals surface area contributed by atoms with Crippen LogP contribution in [-0.4, -0.2) is 67.0 Å². The van der Waals surface area contributed by atoms with Crippen molar-refractivity contribution in [3.8, 4) is 0 Å². The van der Waals surface area contributed by atoms with E-state index < -0.39 is 0 Å². The van der Waals surface area contributed by atoms with Crippen molar-refractivity contribution in [2.75, 3.05) is 51.2 Å². The van der Waals surface area contributed by atoms with Gasteiger partial charge in [-0.05, 0) is 61.7 Å². The van der Waals surface area contributed by atoms with Gasteiger partial charge in [-0.25, -0.2) is 0 Å². The highest BCUT2D eigenvalue weighted by Crippen LogP contribution is 2.23. The van der Waals surface area contributed by atoms with Crippen molar-refractivity contribution in [2.45, 2.75) is 12.8 Å². The highest BCUT2D eigenvalue weighted by atomic mass is 16.2. The lowest BCUT2D eigenvalue weighted by Crippen LogP contribution is -2.44. The number of nitrogens with zero attached hydrogens (tertiary/aromatic N) is 4. The molecule has 0 aliphatic carbocycles. The van der Waals surface area contributed by atoms with Gasteiger partial charge in [0.05, 0.1) is 0 Å². The van der Waals surface area contributed by atoms with Crippen LogP contribution in [0.15, 0.2) is 48.8 Å². The average Bonchev–Trinajstić information content (AvgIpc) is 3.17. The van der Waals surface area contributed by atoms with Crippen molar-refractivity contribution >= 4 is 11.6 Å². The van der Waals surface area contributed by atoms with E-state index in [0.29, 0.717) is 5.92 Å². The van der Waals surface area contributed by atoms with E-state index >= 15 is 0 Å². The van der Waals surface area contributed by atoms with Crippen LogP contribution in [0.25, 0.3) is 0 Å². The topological polar surface area (TPSA) is 39.7 Å². The van der Waals surface area contributed by atoms with E-state index in [1.165, 1.54) is 11.3 Å². The van der Waals surface area contributed by atoms with Gasteiger partial charge in [0.15, 0.2) is 0 Å². The van der Waals surface area contributed by atoms with Crippen LogP contribution in [0.1, 0.15) is 22.3 Å². The first-order valence-corrected chi connectivity index (χ1v) is 9.91. The molecule has 1 unspecified atom stereocenters. The SMILES string of the molecule is CN1CCN(c2ccc(C(=O)N3CCC(Cc4cccnc4)C3)cc2)CC1. The Labute approximate surface area is 161 Å². The smallest absolute Gasteiger partial charge is 0.253 e. The van der Waals surface area contributed by atoms with E-state index in [1.54, 1.807) is 6.20 Å². The van der Waals surface area contributed by atoms with Crippen molar-refractivity contribution in [3.05, 3.63) is 59.9 Å². The molecule has 2 fully saturated rings. The highest BCUT2D eigenvalue weighted by Gasteiger charge is 2.27. The number of piperazine rings is 1. The highest BCUT2D eigenvalue weighted by molar-refractivity contribution is 5.94. The molecule has 27 heavy (non-hydrogen) atoms. The number of rotatable bonds is 4. The molecule has 0 saturated carbocycles. The Morgan fingerprint density at radius 3 is 2.56 bits per heavy atom. The fourth-order valence-electron chi connectivity index (χ4n) is 4.10. The van der Waals surface area contributed by atoms with E-state index in [1.807, 2.05) is 29.3 Å². The molecule has 0 radical (unpaired) electrons. The van der Waals surface area contributed by atoms with Gasteiger partial charge in [-0.15, -0.1) is 0 Å². The Morgan fingerprint density at radius 2 is 1.85 bits per heavy atom. The number of benzene rings is 1. The van der Waals surface area contributed by atoms with Crippen LogP contribution >= 0.6 is 0 Å². The largest absolute Gasteiger partial charge is 0.369 e. The van der Waals surface area contributed by atoms with E-state index in [4.69, 9.17) is 0 Å². The van der Waals surface area contributed by atoms with Gasteiger partial charge in [0.25, 0.3) is 5.91 Å². The summed E-state index contributed by atoms with van der Waals surface area (Å²) in [6.07, 6.45) is 5.81. The van der Waals surface area contributed by atoms with Gasteiger partial charge in [-0.3, -0.25) is 9.78 Å². The zero-order chi connectivity index (χ0) is 18.6. The number of carbonyl (C=O) groups excluding carboxylic acids is 1. The van der Waals surface area contributed by atoms with Crippen LogP contribution in [0.2, 0.25) is 0 Å². The van der Waals surface area contributed by atoms with Gasteiger partial charge in [-0.1, -0.05) is 6.07 Å². The quantitative estimate of drug-likeness (QED) is 0.836. The van der Waals surface area contributed by atoms with Crippen molar-refractivity contribution in [3.63, 3.8) is 0 Å². The maximum Gasteiger partial charge on any atom is 0.253 e. The van der Waals surface area contributed by atoms with Crippen LogP contribution in [-0.2, 0) is 6.42 Å². The monoisotopic (exact) mass is 364 g/mol. The fraction of sp³-hybridized carbons (Fsp3) is 0.455. The summed E-state index contributed by atoms with van der Waals surface area (Å²) in [7, 11) is 2.16. The third-order valence-electron chi connectivity index (χ3n) is 5.80. The number of aromatic nitrogens is 1. The van der Waals surface area contributed by atoms with Crippen molar-refractivity contribution in [1.29, 1.82) is 0 Å². The molecule has 3 heterocycles. The fourth-order valence-corrected chi connectivity index (χ4v) is 4.10. The number of likely N-dealkylation sites (N-methyl/N-ethyl adjacent to an activating group) is 1. The van der Waals surface area contributed by atoms with Crippen LogP contribution < -0.4 is 4.90 Å². The molecule has 5 nitrogen and oxygen atoms in total. The van der Waals surface area contributed by atoms with E-state index in [-0.39, 0.29) is 5.91 Å². The molecule has 2 saturated heterocycles. The molecule has 0 spiro atoms. The summed E-state index contributed by atoms with van der Waals surface area (Å²) in [6, 6.07) is 12.3. The Hall–Kier alpha value is -2.40. The van der Waals surface area contributed by atoms with Crippen LogP contribution in [0.5, 0.6) is 0 Å². The molecule has 0 bridgehead atoms. The lowest BCUT2D eigenvalue weighted by molar-refractivity contribution is 0.0787. The van der Waals surface area contributed by atoms with Crippen LogP contribution in [0.4, 0.5) is 5.69 Å². The molecule has 0 N–H and O–H groups in total. The van der Waals surface area contributed by atoms with Gasteiger partial charge < -0.3 is 14.7 Å². The summed E-state index contributed by atoms with van der Waals surface area (Å²) in [4.78, 5) is 23.8. The second-order valence-electron chi connectivity index (χ2n) is 7.81. The molecule has 2 aliphatic rings. The second kappa shape index (κ2) is 8.09. The van der Waals surface area contributed by atoms with Crippen LogP contribution in [0.3, 0.4) is 0 Å². The molecule has 2 aromatic rings.